The molecule has 4 nitrogen and oxygen atoms in total. The Bertz CT molecular complexity index is 173. The first kappa shape index (κ1) is 18.8. The summed E-state index contributed by atoms with van der Waals surface area (Å²) in [5, 5.41) is 3.30. The van der Waals surface area contributed by atoms with Gasteiger partial charge in [-0.1, -0.05) is 13.8 Å². The lowest BCUT2D eigenvalue weighted by Gasteiger charge is -2.28. The molecule has 0 aromatic rings. The van der Waals surface area contributed by atoms with Gasteiger partial charge in [-0.2, -0.15) is 0 Å². The zero-order valence-electron chi connectivity index (χ0n) is 14.1. The highest BCUT2D eigenvalue weighted by atomic mass is 15.2. The zero-order valence-corrected chi connectivity index (χ0v) is 14.1. The molecule has 4 heteroatoms. The SMILES string of the molecule is CC.CN1CCN(C)CC1.CNC1CCN(C)CC1. The van der Waals surface area contributed by atoms with Crippen LogP contribution in [0.2, 0.25) is 0 Å². The molecule has 0 unspecified atom stereocenters. The summed E-state index contributed by atoms with van der Waals surface area (Å²) in [6, 6.07) is 0.779. The highest BCUT2D eigenvalue weighted by molar-refractivity contribution is 4.73. The third-order valence-electron chi connectivity index (χ3n) is 3.85. The van der Waals surface area contributed by atoms with Crippen molar-refractivity contribution < 1.29 is 0 Å². The molecule has 0 amide bonds. The molecule has 2 saturated heterocycles. The minimum atomic E-state index is 0.779. The van der Waals surface area contributed by atoms with Gasteiger partial charge in [-0.05, 0) is 54.1 Å². The van der Waals surface area contributed by atoms with Crippen LogP contribution in [0.1, 0.15) is 26.7 Å². The Morgan fingerprint density at radius 1 is 0.684 bits per heavy atom. The van der Waals surface area contributed by atoms with Gasteiger partial charge in [0.25, 0.3) is 0 Å². The zero-order chi connectivity index (χ0) is 14.7. The van der Waals surface area contributed by atoms with Gasteiger partial charge in [-0.25, -0.2) is 0 Å². The molecule has 0 bridgehead atoms. The lowest BCUT2D eigenvalue weighted by Crippen LogP contribution is -2.42. The number of likely N-dealkylation sites (N-methyl/N-ethyl adjacent to an activating group) is 2. The normalized spacial score (nSPS) is 23.1. The topological polar surface area (TPSA) is 21.8 Å². The minimum absolute atomic E-state index is 0.779. The number of piperidine rings is 1. The average Bonchev–Trinajstić information content (AvgIpc) is 2.46. The van der Waals surface area contributed by atoms with E-state index >= 15 is 0 Å². The highest BCUT2D eigenvalue weighted by Crippen LogP contribution is 2.06. The first-order valence-corrected chi connectivity index (χ1v) is 7.84. The fraction of sp³-hybridized carbons (Fsp3) is 1.00. The fourth-order valence-corrected chi connectivity index (χ4v) is 2.20. The lowest BCUT2D eigenvalue weighted by molar-refractivity contribution is 0.181. The smallest absolute Gasteiger partial charge is 0.0107 e. The van der Waals surface area contributed by atoms with E-state index in [1.54, 1.807) is 0 Å². The Hall–Kier alpha value is -0.160. The summed E-state index contributed by atoms with van der Waals surface area (Å²) in [5.41, 5.74) is 0. The van der Waals surface area contributed by atoms with Gasteiger partial charge in [-0.3, -0.25) is 0 Å². The Morgan fingerprint density at radius 2 is 1.00 bits per heavy atom. The van der Waals surface area contributed by atoms with Gasteiger partial charge in [-0.15, -0.1) is 0 Å². The molecule has 0 radical (unpaired) electrons. The van der Waals surface area contributed by atoms with Gasteiger partial charge in [0.1, 0.15) is 0 Å². The maximum atomic E-state index is 3.30. The van der Waals surface area contributed by atoms with Gasteiger partial charge < -0.3 is 20.0 Å². The summed E-state index contributed by atoms with van der Waals surface area (Å²) < 4.78 is 0. The van der Waals surface area contributed by atoms with Gasteiger partial charge in [0.15, 0.2) is 0 Å². The predicted octanol–water partition coefficient (Wildman–Crippen LogP) is 1.19. The van der Waals surface area contributed by atoms with Crippen LogP contribution in [-0.2, 0) is 0 Å². The molecule has 0 aliphatic carbocycles. The fourth-order valence-electron chi connectivity index (χ4n) is 2.20. The van der Waals surface area contributed by atoms with E-state index in [0.717, 1.165) is 6.04 Å². The van der Waals surface area contributed by atoms with Crippen LogP contribution >= 0.6 is 0 Å². The molecule has 0 atom stereocenters. The molecular formula is C15H36N4. The van der Waals surface area contributed by atoms with Crippen LogP contribution in [0, 0.1) is 0 Å². The van der Waals surface area contributed by atoms with Crippen molar-refractivity contribution in [1.82, 2.24) is 20.0 Å². The molecule has 0 aromatic carbocycles. The molecule has 2 rings (SSSR count). The van der Waals surface area contributed by atoms with Crippen molar-refractivity contribution in [3.05, 3.63) is 0 Å². The van der Waals surface area contributed by atoms with Crippen molar-refractivity contribution in [2.24, 2.45) is 0 Å². The second-order valence-corrected chi connectivity index (χ2v) is 5.47. The standard InChI is InChI=1S/C7H16N2.C6H14N2.C2H6/c1-8-7-3-5-9(2)6-4-7;1-7-3-5-8(2)6-4-7;1-2/h7-8H,3-6H2,1-2H3;3-6H2,1-2H3;1-2H3. The van der Waals surface area contributed by atoms with Gasteiger partial charge >= 0.3 is 0 Å². The molecule has 0 saturated carbocycles. The Kier molecular flexibility index (Phi) is 11.6. The number of piperazine rings is 1. The van der Waals surface area contributed by atoms with Crippen LogP contribution < -0.4 is 5.32 Å². The molecule has 0 spiro atoms. The number of nitrogens with one attached hydrogen (secondary N) is 1. The highest BCUT2D eigenvalue weighted by Gasteiger charge is 2.13. The second kappa shape index (κ2) is 11.6. The van der Waals surface area contributed by atoms with Crippen molar-refractivity contribution in [3.8, 4) is 0 Å². The second-order valence-electron chi connectivity index (χ2n) is 5.47. The third kappa shape index (κ3) is 9.38. The van der Waals surface area contributed by atoms with Crippen LogP contribution in [0.15, 0.2) is 0 Å². The lowest BCUT2D eigenvalue weighted by atomic mass is 10.1. The van der Waals surface area contributed by atoms with E-state index in [9.17, 15) is 0 Å². The minimum Gasteiger partial charge on any atom is -0.317 e. The summed E-state index contributed by atoms with van der Waals surface area (Å²) >= 11 is 0. The Morgan fingerprint density at radius 3 is 1.32 bits per heavy atom. The molecule has 1 N–H and O–H groups in total. The molecular weight excluding hydrogens is 236 g/mol. The quantitative estimate of drug-likeness (QED) is 0.774. The van der Waals surface area contributed by atoms with Crippen molar-refractivity contribution >= 4 is 0 Å². The van der Waals surface area contributed by atoms with Gasteiger partial charge in [0.2, 0.25) is 0 Å². The first-order chi connectivity index (χ1) is 9.11. The molecule has 2 fully saturated rings. The van der Waals surface area contributed by atoms with Crippen LogP contribution in [0.4, 0.5) is 0 Å². The summed E-state index contributed by atoms with van der Waals surface area (Å²) in [4.78, 5) is 7.10. The van der Waals surface area contributed by atoms with E-state index < -0.39 is 0 Å². The van der Waals surface area contributed by atoms with E-state index in [0.29, 0.717) is 0 Å². The van der Waals surface area contributed by atoms with Crippen molar-refractivity contribution in [2.45, 2.75) is 32.7 Å². The Balaban J connectivity index is 0.000000303. The molecule has 0 aromatic heterocycles. The molecule has 2 aliphatic heterocycles. The van der Waals surface area contributed by atoms with Crippen molar-refractivity contribution in [2.75, 3.05) is 67.5 Å². The van der Waals surface area contributed by atoms with E-state index in [4.69, 9.17) is 0 Å². The van der Waals surface area contributed by atoms with E-state index in [1.807, 2.05) is 13.8 Å². The number of hydrogen-bond acceptors (Lipinski definition) is 4. The summed E-state index contributed by atoms with van der Waals surface area (Å²) in [6.07, 6.45) is 2.62. The predicted molar refractivity (Wildman–Crippen MR) is 85.9 cm³/mol. The van der Waals surface area contributed by atoms with Crippen LogP contribution in [0.5, 0.6) is 0 Å². The maximum Gasteiger partial charge on any atom is 0.0107 e. The van der Waals surface area contributed by atoms with Crippen LogP contribution in [-0.4, -0.2) is 88.2 Å². The van der Waals surface area contributed by atoms with Gasteiger partial charge in [0.05, 0.1) is 0 Å². The molecule has 2 aliphatic rings. The first-order valence-electron chi connectivity index (χ1n) is 7.84. The molecule has 2 heterocycles. The van der Waals surface area contributed by atoms with Crippen LogP contribution in [0.3, 0.4) is 0 Å². The van der Waals surface area contributed by atoms with Gasteiger partial charge in [0, 0.05) is 32.2 Å². The van der Waals surface area contributed by atoms with E-state index in [1.165, 1.54) is 52.1 Å². The number of likely N-dealkylation sites (tertiary alicyclic amines) is 1. The number of nitrogens with zero attached hydrogens (tertiary/aromatic N) is 3. The van der Waals surface area contributed by atoms with E-state index in [2.05, 4.69) is 48.2 Å². The number of hydrogen-bond donors (Lipinski definition) is 1. The average molecular weight is 272 g/mol. The largest absolute Gasteiger partial charge is 0.317 e. The molecule has 116 valence electrons. The number of rotatable bonds is 1. The summed E-state index contributed by atoms with van der Waals surface area (Å²) in [5.74, 6) is 0. The Labute approximate surface area is 121 Å². The monoisotopic (exact) mass is 272 g/mol. The van der Waals surface area contributed by atoms with Crippen molar-refractivity contribution in [3.63, 3.8) is 0 Å². The van der Waals surface area contributed by atoms with E-state index in [-0.39, 0.29) is 0 Å². The summed E-state index contributed by atoms with van der Waals surface area (Å²) in [7, 11) is 8.59. The summed E-state index contributed by atoms with van der Waals surface area (Å²) in [6.45, 7) is 11.4. The maximum absolute atomic E-state index is 3.30. The molecule has 19 heavy (non-hydrogen) atoms. The van der Waals surface area contributed by atoms with Crippen molar-refractivity contribution in [1.29, 1.82) is 0 Å². The van der Waals surface area contributed by atoms with Crippen LogP contribution in [0.25, 0.3) is 0 Å². The third-order valence-corrected chi connectivity index (χ3v) is 3.85.